The molecule has 1 N–H and O–H groups in total. The molecule has 0 radical (unpaired) electrons. The number of alkyl carbamates (subject to hydrolysis) is 1. The Morgan fingerprint density at radius 1 is 1.25 bits per heavy atom. The summed E-state index contributed by atoms with van der Waals surface area (Å²) in [6.07, 6.45) is 7.65. The van der Waals surface area contributed by atoms with Gasteiger partial charge in [-0.05, 0) is 39.8 Å². The minimum atomic E-state index is -0.496. The fourth-order valence-electron chi connectivity index (χ4n) is 5.24. The first-order chi connectivity index (χ1) is 17.2. The standard InChI is InChI=1S/C26H32N8O2/c1-6-18(24-17(11-27)13-30-34(24)22-9-10-29-32(22)5)16-7-8-21(28-12-16)33-14-19-20(15-33)23(19)31-25(35)36-26(2,3)4/h6-8,10,12-13,19-20,22-23H,9,14-15H2,1-5H3,(H,31,35)/b18-6-/t19-,20+,22?,23?. The fraction of sp³-hybridized carbons (Fsp3) is 0.500. The van der Waals surface area contributed by atoms with Crippen LogP contribution in [0.15, 0.2) is 35.7 Å². The molecule has 3 aliphatic rings. The summed E-state index contributed by atoms with van der Waals surface area (Å²) in [7, 11) is 1.91. The smallest absolute Gasteiger partial charge is 0.407 e. The molecule has 4 atom stereocenters. The Bertz CT molecular complexity index is 1240. The number of fused-ring (bicyclic) bond motifs is 1. The molecular weight excluding hydrogens is 456 g/mol. The van der Waals surface area contributed by atoms with Crippen LogP contribution in [0.5, 0.6) is 0 Å². The van der Waals surface area contributed by atoms with E-state index in [1.807, 2.05) is 75.1 Å². The van der Waals surface area contributed by atoms with E-state index in [1.54, 1.807) is 6.20 Å². The number of hydrogen-bond acceptors (Lipinski definition) is 8. The highest BCUT2D eigenvalue weighted by atomic mass is 16.6. The monoisotopic (exact) mass is 488 g/mol. The summed E-state index contributed by atoms with van der Waals surface area (Å²) in [6, 6.07) is 6.53. The Labute approximate surface area is 211 Å². The molecule has 1 amide bonds. The lowest BCUT2D eigenvalue weighted by atomic mass is 10.0. The van der Waals surface area contributed by atoms with E-state index in [9.17, 15) is 10.1 Å². The lowest BCUT2D eigenvalue weighted by Crippen LogP contribution is -2.38. The Hall–Kier alpha value is -3.87. The summed E-state index contributed by atoms with van der Waals surface area (Å²) < 4.78 is 7.26. The maximum Gasteiger partial charge on any atom is 0.407 e. The first-order valence-corrected chi connectivity index (χ1v) is 12.3. The number of carbonyl (C=O) groups is 1. The molecule has 5 rings (SSSR count). The lowest BCUT2D eigenvalue weighted by molar-refractivity contribution is 0.0518. The molecule has 1 saturated carbocycles. The van der Waals surface area contributed by atoms with Gasteiger partial charge in [0.2, 0.25) is 0 Å². The minimum absolute atomic E-state index is 0.0668. The number of hydrazone groups is 1. The van der Waals surface area contributed by atoms with Gasteiger partial charge in [-0.15, -0.1) is 0 Å². The van der Waals surface area contributed by atoms with Crippen LogP contribution in [-0.4, -0.2) is 63.9 Å². The van der Waals surface area contributed by atoms with Crippen LogP contribution in [0.3, 0.4) is 0 Å². The number of allylic oxidation sites excluding steroid dienone is 1. The second-order valence-electron chi connectivity index (χ2n) is 10.6. The van der Waals surface area contributed by atoms with E-state index in [1.165, 1.54) is 0 Å². The summed E-state index contributed by atoms with van der Waals surface area (Å²) in [6.45, 7) is 9.27. The third-order valence-corrected chi connectivity index (χ3v) is 7.01. The maximum atomic E-state index is 12.1. The van der Waals surface area contributed by atoms with Crippen molar-refractivity contribution in [3.63, 3.8) is 0 Å². The average Bonchev–Trinajstić information content (AvgIpc) is 3.26. The van der Waals surface area contributed by atoms with E-state index in [-0.39, 0.29) is 18.3 Å². The van der Waals surface area contributed by atoms with Gasteiger partial charge in [-0.3, -0.25) is 5.01 Å². The van der Waals surface area contributed by atoms with Crippen molar-refractivity contribution in [1.82, 2.24) is 25.1 Å². The highest BCUT2D eigenvalue weighted by Gasteiger charge is 2.57. The number of nitriles is 1. The normalized spacial score (nSPS) is 25.1. The quantitative estimate of drug-likeness (QED) is 0.687. The zero-order chi connectivity index (χ0) is 25.6. The van der Waals surface area contributed by atoms with Crippen LogP contribution in [0.2, 0.25) is 0 Å². The molecule has 4 heterocycles. The molecule has 0 bridgehead atoms. The summed E-state index contributed by atoms with van der Waals surface area (Å²) >= 11 is 0. The van der Waals surface area contributed by atoms with Crippen LogP contribution in [-0.2, 0) is 4.74 Å². The second-order valence-corrected chi connectivity index (χ2v) is 10.6. The molecule has 2 aliphatic heterocycles. The number of rotatable bonds is 5. The first kappa shape index (κ1) is 23.9. The van der Waals surface area contributed by atoms with Crippen molar-refractivity contribution < 1.29 is 9.53 Å². The lowest BCUT2D eigenvalue weighted by Gasteiger charge is -2.24. The van der Waals surface area contributed by atoms with Gasteiger partial charge in [-0.2, -0.15) is 15.5 Å². The topological polar surface area (TPSA) is 112 Å². The predicted molar refractivity (Wildman–Crippen MR) is 136 cm³/mol. The van der Waals surface area contributed by atoms with Crippen LogP contribution < -0.4 is 10.2 Å². The maximum absolute atomic E-state index is 12.1. The number of nitrogens with zero attached hydrogens (tertiary/aromatic N) is 7. The molecule has 36 heavy (non-hydrogen) atoms. The number of carbonyl (C=O) groups excluding carboxylic acids is 1. The number of aromatic nitrogens is 3. The van der Waals surface area contributed by atoms with E-state index in [0.717, 1.165) is 42.2 Å². The molecule has 0 aromatic carbocycles. The zero-order valence-corrected chi connectivity index (χ0v) is 21.3. The van der Waals surface area contributed by atoms with E-state index in [4.69, 9.17) is 9.72 Å². The summed E-state index contributed by atoms with van der Waals surface area (Å²) in [5, 5.41) is 23.5. The third-order valence-electron chi connectivity index (χ3n) is 7.01. The molecule has 2 fully saturated rings. The Balaban J connectivity index is 1.27. The number of nitrogens with one attached hydrogen (secondary N) is 1. The van der Waals surface area contributed by atoms with Gasteiger partial charge in [0.1, 0.15) is 23.7 Å². The van der Waals surface area contributed by atoms with Gasteiger partial charge < -0.3 is 15.0 Å². The van der Waals surface area contributed by atoms with E-state index in [0.29, 0.717) is 17.4 Å². The molecule has 2 aromatic heterocycles. The summed E-state index contributed by atoms with van der Waals surface area (Å²) in [5.74, 6) is 1.75. The van der Waals surface area contributed by atoms with Gasteiger partial charge in [0, 0.05) is 68.0 Å². The van der Waals surface area contributed by atoms with Crippen molar-refractivity contribution in [2.75, 3.05) is 25.0 Å². The Morgan fingerprint density at radius 3 is 2.56 bits per heavy atom. The van der Waals surface area contributed by atoms with Crippen molar-refractivity contribution >= 4 is 23.7 Å². The summed E-state index contributed by atoms with van der Waals surface area (Å²) in [4.78, 5) is 19.1. The Morgan fingerprint density at radius 2 is 2.00 bits per heavy atom. The van der Waals surface area contributed by atoms with Gasteiger partial charge in [0.25, 0.3) is 0 Å². The number of pyridine rings is 1. The minimum Gasteiger partial charge on any atom is -0.444 e. The number of amides is 1. The number of ether oxygens (including phenoxy) is 1. The van der Waals surface area contributed by atoms with Gasteiger partial charge >= 0.3 is 6.09 Å². The van der Waals surface area contributed by atoms with Crippen molar-refractivity contribution in [1.29, 1.82) is 5.26 Å². The molecule has 188 valence electrons. The molecule has 0 spiro atoms. The molecule has 10 nitrogen and oxygen atoms in total. The molecule has 1 aliphatic carbocycles. The van der Waals surface area contributed by atoms with Gasteiger partial charge in [-0.25, -0.2) is 14.5 Å². The van der Waals surface area contributed by atoms with Crippen LogP contribution in [0.25, 0.3) is 5.57 Å². The zero-order valence-electron chi connectivity index (χ0n) is 21.3. The average molecular weight is 489 g/mol. The van der Waals surface area contributed by atoms with Crippen LogP contribution >= 0.6 is 0 Å². The van der Waals surface area contributed by atoms with E-state index >= 15 is 0 Å². The second kappa shape index (κ2) is 8.97. The number of hydrogen-bond donors (Lipinski definition) is 1. The van der Waals surface area contributed by atoms with Gasteiger partial charge in [0.05, 0.1) is 17.5 Å². The highest BCUT2D eigenvalue weighted by Crippen LogP contribution is 2.46. The summed E-state index contributed by atoms with van der Waals surface area (Å²) in [5.41, 5.74) is 2.64. The van der Waals surface area contributed by atoms with E-state index in [2.05, 4.69) is 26.5 Å². The number of anilines is 1. The molecular formula is C26H32N8O2. The first-order valence-electron chi connectivity index (χ1n) is 12.3. The predicted octanol–water partition coefficient (Wildman–Crippen LogP) is 3.38. The van der Waals surface area contributed by atoms with Gasteiger partial charge in [-0.1, -0.05) is 6.08 Å². The molecule has 10 heteroatoms. The largest absolute Gasteiger partial charge is 0.444 e. The molecule has 1 saturated heterocycles. The third kappa shape index (κ3) is 4.41. The fourth-order valence-corrected chi connectivity index (χ4v) is 5.24. The van der Waals surface area contributed by atoms with Crippen molar-refractivity contribution in [3.8, 4) is 6.07 Å². The van der Waals surface area contributed by atoms with Crippen LogP contribution in [0.1, 0.15) is 57.1 Å². The van der Waals surface area contributed by atoms with Crippen molar-refractivity contribution in [2.45, 2.75) is 51.9 Å². The highest BCUT2D eigenvalue weighted by molar-refractivity contribution is 5.81. The Kier molecular flexibility index (Phi) is 5.94. The SMILES string of the molecule is C/C=C(/c1ccc(N2C[C@@H]3C(NC(=O)OC(C)(C)C)[C@@H]3C2)nc1)c1c(C#N)cnn1C1CC=NN1C. The van der Waals surface area contributed by atoms with Gasteiger partial charge in [0.15, 0.2) is 0 Å². The van der Waals surface area contributed by atoms with Crippen LogP contribution in [0.4, 0.5) is 10.6 Å². The molecule has 2 aromatic rings. The van der Waals surface area contributed by atoms with Crippen LogP contribution in [0, 0.1) is 23.2 Å². The number of piperidine rings is 1. The van der Waals surface area contributed by atoms with Crippen molar-refractivity contribution in [2.24, 2.45) is 16.9 Å². The van der Waals surface area contributed by atoms with Crippen molar-refractivity contribution in [3.05, 3.63) is 47.4 Å². The van der Waals surface area contributed by atoms with E-state index < -0.39 is 5.60 Å². The molecule has 2 unspecified atom stereocenters.